The van der Waals surface area contributed by atoms with Gasteiger partial charge in [0.2, 0.25) is 0 Å². The minimum absolute atomic E-state index is 0.781. The standard InChI is InChI=1S/C13H11Cl.C2H6/c1-10-5-7-11(8-6-10)12-3-2-4-13(14)9-12;1-2/h2-9H,1H3;1-2H3. The van der Waals surface area contributed by atoms with E-state index in [1.807, 2.05) is 32.0 Å². The lowest BCUT2D eigenvalue weighted by atomic mass is 10.0. The molecule has 84 valence electrons. The van der Waals surface area contributed by atoms with Gasteiger partial charge < -0.3 is 0 Å². The highest BCUT2D eigenvalue weighted by Gasteiger charge is 1.96. The fourth-order valence-corrected chi connectivity index (χ4v) is 1.60. The van der Waals surface area contributed by atoms with Gasteiger partial charge in [-0.1, -0.05) is 67.4 Å². The third-order valence-corrected chi connectivity index (χ3v) is 2.44. The van der Waals surface area contributed by atoms with E-state index < -0.39 is 0 Å². The van der Waals surface area contributed by atoms with Crippen molar-refractivity contribution >= 4 is 11.6 Å². The first-order valence-electron chi connectivity index (χ1n) is 5.58. The Hall–Kier alpha value is -1.27. The normalized spacial score (nSPS) is 9.25. The topological polar surface area (TPSA) is 0 Å². The van der Waals surface area contributed by atoms with Gasteiger partial charge in [-0.25, -0.2) is 0 Å². The number of halogens is 1. The van der Waals surface area contributed by atoms with Gasteiger partial charge in [-0.15, -0.1) is 0 Å². The third-order valence-electron chi connectivity index (χ3n) is 2.21. The molecule has 0 atom stereocenters. The van der Waals surface area contributed by atoms with Gasteiger partial charge in [0.1, 0.15) is 0 Å². The second-order valence-corrected chi connectivity index (χ2v) is 3.81. The molecule has 0 saturated heterocycles. The van der Waals surface area contributed by atoms with Crippen LogP contribution in [0.25, 0.3) is 11.1 Å². The molecule has 2 aromatic carbocycles. The van der Waals surface area contributed by atoms with Gasteiger partial charge in [0.25, 0.3) is 0 Å². The largest absolute Gasteiger partial charge is 0.0843 e. The van der Waals surface area contributed by atoms with Crippen molar-refractivity contribution in [1.82, 2.24) is 0 Å². The van der Waals surface area contributed by atoms with Crippen LogP contribution >= 0.6 is 11.6 Å². The summed E-state index contributed by atoms with van der Waals surface area (Å²) in [5.74, 6) is 0. The van der Waals surface area contributed by atoms with Crippen molar-refractivity contribution in [2.24, 2.45) is 0 Å². The number of rotatable bonds is 1. The summed E-state index contributed by atoms with van der Waals surface area (Å²) in [6.45, 7) is 6.09. The Kier molecular flexibility index (Phi) is 5.07. The zero-order valence-electron chi connectivity index (χ0n) is 10.00. The Labute approximate surface area is 103 Å². The Morgan fingerprint density at radius 1 is 0.812 bits per heavy atom. The van der Waals surface area contributed by atoms with Crippen LogP contribution in [0.3, 0.4) is 0 Å². The molecular formula is C15H17Cl. The minimum atomic E-state index is 0.781. The Balaban J connectivity index is 0.000000606. The molecular weight excluding hydrogens is 216 g/mol. The first-order chi connectivity index (χ1) is 7.75. The lowest BCUT2D eigenvalue weighted by Gasteiger charge is -2.02. The lowest BCUT2D eigenvalue weighted by Crippen LogP contribution is -1.77. The van der Waals surface area contributed by atoms with Crippen LogP contribution < -0.4 is 0 Å². The smallest absolute Gasteiger partial charge is 0.0412 e. The minimum Gasteiger partial charge on any atom is -0.0843 e. The van der Waals surface area contributed by atoms with Crippen LogP contribution in [-0.4, -0.2) is 0 Å². The first kappa shape index (κ1) is 12.8. The van der Waals surface area contributed by atoms with E-state index in [1.165, 1.54) is 11.1 Å². The maximum Gasteiger partial charge on any atom is 0.0412 e. The summed E-state index contributed by atoms with van der Waals surface area (Å²) in [7, 11) is 0. The van der Waals surface area contributed by atoms with E-state index in [4.69, 9.17) is 11.6 Å². The second-order valence-electron chi connectivity index (χ2n) is 3.38. The maximum absolute atomic E-state index is 5.93. The van der Waals surface area contributed by atoms with E-state index in [2.05, 4.69) is 37.3 Å². The summed E-state index contributed by atoms with van der Waals surface area (Å²) in [6, 6.07) is 16.3. The predicted molar refractivity (Wildman–Crippen MR) is 73.0 cm³/mol. The highest BCUT2D eigenvalue weighted by atomic mass is 35.5. The molecule has 0 radical (unpaired) electrons. The van der Waals surface area contributed by atoms with Gasteiger partial charge >= 0.3 is 0 Å². The molecule has 0 nitrogen and oxygen atoms in total. The average Bonchev–Trinajstić information content (AvgIpc) is 2.32. The van der Waals surface area contributed by atoms with E-state index in [0.29, 0.717) is 0 Å². The van der Waals surface area contributed by atoms with Gasteiger partial charge in [-0.3, -0.25) is 0 Å². The molecule has 0 aliphatic carbocycles. The number of aryl methyl sites for hydroxylation is 1. The van der Waals surface area contributed by atoms with Crippen molar-refractivity contribution in [2.75, 3.05) is 0 Å². The summed E-state index contributed by atoms with van der Waals surface area (Å²) in [4.78, 5) is 0. The first-order valence-corrected chi connectivity index (χ1v) is 5.96. The fourth-order valence-electron chi connectivity index (χ4n) is 1.41. The molecule has 0 aliphatic heterocycles. The zero-order valence-corrected chi connectivity index (χ0v) is 10.8. The molecule has 0 spiro atoms. The molecule has 0 saturated carbocycles. The molecule has 0 N–H and O–H groups in total. The van der Waals surface area contributed by atoms with Gasteiger partial charge in [-0.05, 0) is 30.2 Å². The van der Waals surface area contributed by atoms with Crippen LogP contribution in [0.1, 0.15) is 19.4 Å². The van der Waals surface area contributed by atoms with Gasteiger partial charge in [0.15, 0.2) is 0 Å². The third kappa shape index (κ3) is 3.39. The number of hydrogen-bond donors (Lipinski definition) is 0. The molecule has 0 heterocycles. The summed E-state index contributed by atoms with van der Waals surface area (Å²) in [5, 5.41) is 0.781. The van der Waals surface area contributed by atoms with Crippen LogP contribution in [0.2, 0.25) is 5.02 Å². The summed E-state index contributed by atoms with van der Waals surface area (Å²) < 4.78 is 0. The predicted octanol–water partition coefficient (Wildman–Crippen LogP) is 5.34. The van der Waals surface area contributed by atoms with Crippen LogP contribution in [0, 0.1) is 6.92 Å². The molecule has 0 amide bonds. The fraction of sp³-hybridized carbons (Fsp3) is 0.200. The molecule has 16 heavy (non-hydrogen) atoms. The maximum atomic E-state index is 5.93. The average molecular weight is 233 g/mol. The zero-order chi connectivity index (χ0) is 12.0. The highest BCUT2D eigenvalue weighted by Crippen LogP contribution is 2.22. The molecule has 2 rings (SSSR count). The van der Waals surface area contributed by atoms with Gasteiger partial charge in [0.05, 0.1) is 0 Å². The Bertz CT molecular complexity index is 429. The van der Waals surface area contributed by atoms with Crippen LogP contribution in [0.4, 0.5) is 0 Å². The van der Waals surface area contributed by atoms with Crippen LogP contribution in [0.15, 0.2) is 48.5 Å². The van der Waals surface area contributed by atoms with E-state index in [9.17, 15) is 0 Å². The van der Waals surface area contributed by atoms with E-state index in [-0.39, 0.29) is 0 Å². The molecule has 2 aromatic rings. The summed E-state index contributed by atoms with van der Waals surface area (Å²) >= 11 is 5.93. The summed E-state index contributed by atoms with van der Waals surface area (Å²) in [5.41, 5.74) is 3.64. The quantitative estimate of drug-likeness (QED) is 0.623. The molecule has 1 heteroatoms. The lowest BCUT2D eigenvalue weighted by molar-refractivity contribution is 1.47. The van der Waals surface area contributed by atoms with E-state index in [0.717, 1.165) is 10.6 Å². The molecule has 0 unspecified atom stereocenters. The molecule has 0 bridgehead atoms. The molecule has 0 aromatic heterocycles. The Morgan fingerprint density at radius 2 is 1.44 bits per heavy atom. The molecule has 0 aliphatic rings. The van der Waals surface area contributed by atoms with Crippen LogP contribution in [0.5, 0.6) is 0 Å². The summed E-state index contributed by atoms with van der Waals surface area (Å²) in [6.07, 6.45) is 0. The van der Waals surface area contributed by atoms with Crippen molar-refractivity contribution in [3.63, 3.8) is 0 Å². The Morgan fingerprint density at radius 3 is 2.00 bits per heavy atom. The van der Waals surface area contributed by atoms with E-state index >= 15 is 0 Å². The van der Waals surface area contributed by atoms with Crippen molar-refractivity contribution < 1.29 is 0 Å². The van der Waals surface area contributed by atoms with Crippen molar-refractivity contribution in [3.05, 3.63) is 59.1 Å². The highest BCUT2D eigenvalue weighted by molar-refractivity contribution is 6.30. The van der Waals surface area contributed by atoms with Gasteiger partial charge in [0, 0.05) is 5.02 Å². The van der Waals surface area contributed by atoms with E-state index in [1.54, 1.807) is 0 Å². The van der Waals surface area contributed by atoms with Crippen molar-refractivity contribution in [1.29, 1.82) is 0 Å². The van der Waals surface area contributed by atoms with Gasteiger partial charge in [-0.2, -0.15) is 0 Å². The molecule has 0 fully saturated rings. The monoisotopic (exact) mass is 232 g/mol. The van der Waals surface area contributed by atoms with Crippen molar-refractivity contribution in [2.45, 2.75) is 20.8 Å². The second kappa shape index (κ2) is 6.34. The van der Waals surface area contributed by atoms with Crippen molar-refractivity contribution in [3.8, 4) is 11.1 Å². The van der Waals surface area contributed by atoms with Crippen LogP contribution in [-0.2, 0) is 0 Å². The number of benzene rings is 2. The SMILES string of the molecule is CC.Cc1ccc(-c2cccc(Cl)c2)cc1. The number of hydrogen-bond acceptors (Lipinski definition) is 0.